The minimum atomic E-state index is -0.901. The number of aliphatic hydroxyl groups excluding tert-OH is 1. The quantitative estimate of drug-likeness (QED) is 0.744. The number of benzene rings is 1. The van der Waals surface area contributed by atoms with Crippen LogP contribution in [0.4, 0.5) is 0 Å². The summed E-state index contributed by atoms with van der Waals surface area (Å²) in [5.74, 6) is -0.769. The molecule has 1 aromatic rings. The van der Waals surface area contributed by atoms with Gasteiger partial charge in [-0.25, -0.2) is 0 Å². The first kappa shape index (κ1) is 13.7. The number of carboxylic acids is 1. The van der Waals surface area contributed by atoms with Crippen molar-refractivity contribution in [3.05, 3.63) is 34.9 Å². The Kier molecular flexibility index (Phi) is 5.12. The average Bonchev–Trinajstić information content (AvgIpc) is 2.29. The van der Waals surface area contributed by atoms with Gasteiger partial charge in [0.1, 0.15) is 0 Å². The van der Waals surface area contributed by atoms with Crippen LogP contribution in [-0.4, -0.2) is 23.3 Å². The predicted molar refractivity (Wildman–Crippen MR) is 63.7 cm³/mol. The summed E-state index contributed by atoms with van der Waals surface area (Å²) in [6, 6.07) is 5.58. The van der Waals surface area contributed by atoms with Crippen LogP contribution < -0.4 is 0 Å². The second kappa shape index (κ2) is 6.37. The Morgan fingerprint density at radius 3 is 2.71 bits per heavy atom. The van der Waals surface area contributed by atoms with Gasteiger partial charge in [-0.2, -0.15) is 0 Å². The van der Waals surface area contributed by atoms with E-state index in [2.05, 4.69) is 0 Å². The molecule has 0 aromatic heterocycles. The number of carboxylic acid groups (broad SMARTS) is 1. The normalized spacial score (nSPS) is 12.4. The molecule has 1 atom stereocenters. The molecule has 0 fully saturated rings. The third kappa shape index (κ3) is 4.17. The van der Waals surface area contributed by atoms with Crippen LogP contribution in [0.5, 0.6) is 0 Å². The number of aliphatic hydroxyl groups is 1. The Labute approximate surface area is 101 Å². The molecule has 2 N–H and O–H groups in total. The fourth-order valence-corrected chi connectivity index (χ4v) is 1.72. The van der Waals surface area contributed by atoms with Crippen LogP contribution in [0.15, 0.2) is 18.2 Å². The first-order valence-corrected chi connectivity index (χ1v) is 5.56. The molecule has 0 bridgehead atoms. The lowest BCUT2D eigenvalue weighted by Crippen LogP contribution is -2.02. The second-order valence-corrected chi connectivity index (χ2v) is 4.02. The van der Waals surface area contributed by atoms with Gasteiger partial charge in [0.25, 0.3) is 0 Å². The van der Waals surface area contributed by atoms with E-state index in [1.54, 1.807) is 6.07 Å². The van der Waals surface area contributed by atoms with E-state index < -0.39 is 12.3 Å². The first-order chi connectivity index (χ1) is 8.04. The van der Waals surface area contributed by atoms with Crippen molar-refractivity contribution in [2.75, 3.05) is 7.11 Å². The number of aliphatic carboxylic acids is 1. The van der Waals surface area contributed by atoms with Gasteiger partial charge in [-0.3, -0.25) is 4.79 Å². The van der Waals surface area contributed by atoms with Crippen molar-refractivity contribution in [3.8, 4) is 0 Å². The van der Waals surface area contributed by atoms with Gasteiger partial charge in [0.05, 0.1) is 0 Å². The fourth-order valence-electron chi connectivity index (χ4n) is 1.72. The summed E-state index contributed by atoms with van der Waals surface area (Å²) in [5, 5.41) is 18.1. The number of methoxy groups -OCH3 is 1. The van der Waals surface area contributed by atoms with Gasteiger partial charge in [0.2, 0.25) is 0 Å². The fraction of sp³-hybridized carbons (Fsp3) is 0.462. The largest absolute Gasteiger partial charge is 0.481 e. The molecule has 1 aromatic carbocycles. The van der Waals surface area contributed by atoms with Crippen LogP contribution in [0, 0.1) is 6.92 Å². The zero-order chi connectivity index (χ0) is 12.8. The van der Waals surface area contributed by atoms with Crippen LogP contribution in [0.2, 0.25) is 0 Å². The predicted octanol–water partition coefficient (Wildman–Crippen LogP) is 2.04. The Bertz CT molecular complexity index is 387. The zero-order valence-corrected chi connectivity index (χ0v) is 10.1. The molecular formula is C13H18O4. The maximum Gasteiger partial charge on any atom is 0.303 e. The second-order valence-electron chi connectivity index (χ2n) is 4.02. The topological polar surface area (TPSA) is 66.8 Å². The number of hydrogen-bond acceptors (Lipinski definition) is 3. The van der Waals surface area contributed by atoms with E-state index in [1.165, 1.54) is 7.11 Å². The van der Waals surface area contributed by atoms with E-state index >= 15 is 0 Å². The molecule has 1 rings (SSSR count). The number of ether oxygens (including phenoxy) is 1. The van der Waals surface area contributed by atoms with Crippen LogP contribution >= 0.6 is 0 Å². The highest BCUT2D eigenvalue weighted by molar-refractivity contribution is 5.66. The van der Waals surface area contributed by atoms with E-state index in [0.717, 1.165) is 17.5 Å². The van der Waals surface area contributed by atoms with Crippen LogP contribution in [0.1, 0.15) is 35.8 Å². The number of hydrogen-bond donors (Lipinski definition) is 2. The third-order valence-corrected chi connectivity index (χ3v) is 2.71. The summed E-state index contributed by atoms with van der Waals surface area (Å²) in [5.41, 5.74) is 2.87. The lowest BCUT2D eigenvalue weighted by atomic mass is 10.00. The highest BCUT2D eigenvalue weighted by atomic mass is 16.6. The Morgan fingerprint density at radius 2 is 2.18 bits per heavy atom. The molecule has 0 heterocycles. The molecule has 0 aliphatic heterocycles. The Morgan fingerprint density at radius 1 is 1.47 bits per heavy atom. The van der Waals surface area contributed by atoms with Crippen molar-refractivity contribution in [1.29, 1.82) is 0 Å². The van der Waals surface area contributed by atoms with Gasteiger partial charge >= 0.3 is 5.97 Å². The highest BCUT2D eigenvalue weighted by Crippen LogP contribution is 2.19. The van der Waals surface area contributed by atoms with Gasteiger partial charge in [0, 0.05) is 19.1 Å². The van der Waals surface area contributed by atoms with Crippen molar-refractivity contribution >= 4 is 5.97 Å². The summed E-state index contributed by atoms with van der Waals surface area (Å²) >= 11 is 0. The van der Waals surface area contributed by atoms with Crippen molar-refractivity contribution in [2.24, 2.45) is 0 Å². The Hall–Kier alpha value is -1.39. The molecule has 4 nitrogen and oxygen atoms in total. The van der Waals surface area contributed by atoms with Gasteiger partial charge < -0.3 is 14.9 Å². The molecule has 0 radical (unpaired) electrons. The van der Waals surface area contributed by atoms with Gasteiger partial charge in [-0.1, -0.05) is 18.2 Å². The number of rotatable bonds is 6. The summed E-state index contributed by atoms with van der Waals surface area (Å²) in [6.07, 6.45) is 0.646. The van der Waals surface area contributed by atoms with Crippen molar-refractivity contribution in [2.45, 2.75) is 32.5 Å². The highest BCUT2D eigenvalue weighted by Gasteiger charge is 2.08. The standard InChI is InChI=1S/C13H18O4/c1-9-8-11(13(16)17-2)7-6-10(9)4-3-5-12(14)15/h6-8,13,16H,3-5H2,1-2H3,(H,14,15). The van der Waals surface area contributed by atoms with Crippen molar-refractivity contribution < 1.29 is 19.7 Å². The maximum absolute atomic E-state index is 10.4. The first-order valence-electron chi connectivity index (χ1n) is 5.56. The van der Waals surface area contributed by atoms with Crippen LogP contribution in [0.3, 0.4) is 0 Å². The van der Waals surface area contributed by atoms with Gasteiger partial charge in [0.15, 0.2) is 6.29 Å². The maximum atomic E-state index is 10.4. The molecule has 4 heteroatoms. The van der Waals surface area contributed by atoms with Crippen molar-refractivity contribution in [3.63, 3.8) is 0 Å². The summed E-state index contributed by atoms with van der Waals surface area (Å²) in [7, 11) is 1.45. The van der Waals surface area contributed by atoms with E-state index in [-0.39, 0.29) is 6.42 Å². The molecular weight excluding hydrogens is 220 g/mol. The molecule has 1 unspecified atom stereocenters. The minimum absolute atomic E-state index is 0.182. The lowest BCUT2D eigenvalue weighted by molar-refractivity contribution is -0.137. The molecule has 0 saturated heterocycles. The average molecular weight is 238 g/mol. The molecule has 0 aliphatic rings. The molecule has 0 spiro atoms. The van der Waals surface area contributed by atoms with E-state index in [1.807, 2.05) is 19.1 Å². The van der Waals surface area contributed by atoms with Crippen molar-refractivity contribution in [1.82, 2.24) is 0 Å². The monoisotopic (exact) mass is 238 g/mol. The molecule has 0 amide bonds. The van der Waals surface area contributed by atoms with E-state index in [4.69, 9.17) is 9.84 Å². The lowest BCUT2D eigenvalue weighted by Gasteiger charge is -2.12. The summed E-state index contributed by atoms with van der Waals surface area (Å²) in [4.78, 5) is 10.4. The van der Waals surface area contributed by atoms with Crippen LogP contribution in [0.25, 0.3) is 0 Å². The number of carbonyl (C=O) groups is 1. The molecule has 0 aliphatic carbocycles. The zero-order valence-electron chi connectivity index (χ0n) is 10.1. The molecule has 0 saturated carbocycles. The third-order valence-electron chi connectivity index (χ3n) is 2.71. The molecule has 17 heavy (non-hydrogen) atoms. The van der Waals surface area contributed by atoms with Gasteiger partial charge in [-0.05, 0) is 30.9 Å². The SMILES string of the molecule is COC(O)c1ccc(CCCC(=O)O)c(C)c1. The smallest absolute Gasteiger partial charge is 0.303 e. The van der Waals surface area contributed by atoms with Gasteiger partial charge in [-0.15, -0.1) is 0 Å². The Balaban J connectivity index is 2.66. The summed E-state index contributed by atoms with van der Waals surface area (Å²) in [6.45, 7) is 1.95. The van der Waals surface area contributed by atoms with Crippen LogP contribution in [-0.2, 0) is 16.0 Å². The molecule has 94 valence electrons. The van der Waals surface area contributed by atoms with E-state index in [0.29, 0.717) is 12.0 Å². The minimum Gasteiger partial charge on any atom is -0.481 e. The summed E-state index contributed by atoms with van der Waals surface area (Å²) < 4.78 is 4.82. The number of aryl methyl sites for hydroxylation is 2. The van der Waals surface area contributed by atoms with E-state index in [9.17, 15) is 9.90 Å².